The molecule has 0 saturated carbocycles. The largest absolute Gasteiger partial charge is 0.633 e. The van der Waals surface area contributed by atoms with Gasteiger partial charge in [-0.25, -0.2) is 0 Å². The molecule has 0 fully saturated rings. The molecule has 0 spiro atoms. The number of hydrogen-bond acceptors (Lipinski definition) is 1. The van der Waals surface area contributed by atoms with Crippen molar-refractivity contribution >= 4 is 0 Å². The van der Waals surface area contributed by atoms with Crippen molar-refractivity contribution in [2.24, 2.45) is 0 Å². The van der Waals surface area contributed by atoms with Crippen molar-refractivity contribution < 1.29 is 4.65 Å². The van der Waals surface area contributed by atoms with Gasteiger partial charge in [0, 0.05) is 5.56 Å². The first-order valence-electron chi connectivity index (χ1n) is 6.81. The van der Waals surface area contributed by atoms with Crippen LogP contribution in [0.5, 0.6) is 0 Å². The molecule has 0 aliphatic rings. The van der Waals surface area contributed by atoms with E-state index in [0.717, 1.165) is 44.3 Å². The Labute approximate surface area is 105 Å². The molecule has 0 bridgehead atoms. The molecule has 0 radical (unpaired) electrons. The van der Waals surface area contributed by atoms with E-state index in [1.54, 1.807) is 0 Å². The maximum Gasteiger partial charge on any atom is 0.104 e. The first kappa shape index (κ1) is 14.2. The molecule has 0 atom stereocenters. The van der Waals surface area contributed by atoms with Crippen molar-refractivity contribution in [3.63, 3.8) is 0 Å². The highest BCUT2D eigenvalue weighted by molar-refractivity contribution is 5.13. The van der Waals surface area contributed by atoms with Gasteiger partial charge in [0.05, 0.1) is 13.1 Å². The van der Waals surface area contributed by atoms with E-state index in [0.29, 0.717) is 6.54 Å². The third kappa shape index (κ3) is 5.33. The van der Waals surface area contributed by atoms with Gasteiger partial charge in [-0.2, -0.15) is 0 Å². The summed E-state index contributed by atoms with van der Waals surface area (Å²) in [4.78, 5) is 0. The van der Waals surface area contributed by atoms with Gasteiger partial charge in [-0.15, -0.1) is 0 Å². The second-order valence-corrected chi connectivity index (χ2v) is 4.86. The molecular formula is C15H25NO. The average molecular weight is 235 g/mol. The lowest BCUT2D eigenvalue weighted by molar-refractivity contribution is -0.894. The van der Waals surface area contributed by atoms with Crippen LogP contribution in [-0.2, 0) is 6.54 Å². The molecule has 2 nitrogen and oxygen atoms in total. The van der Waals surface area contributed by atoms with E-state index in [1.165, 1.54) is 0 Å². The fourth-order valence-corrected chi connectivity index (χ4v) is 2.08. The molecule has 0 aliphatic heterocycles. The summed E-state index contributed by atoms with van der Waals surface area (Å²) in [6, 6.07) is 10.1. The van der Waals surface area contributed by atoms with Gasteiger partial charge in [-0.05, 0) is 12.8 Å². The number of rotatable bonds is 8. The van der Waals surface area contributed by atoms with Gasteiger partial charge < -0.3 is 9.85 Å². The van der Waals surface area contributed by atoms with Crippen LogP contribution in [0.4, 0.5) is 0 Å². The van der Waals surface area contributed by atoms with E-state index >= 15 is 0 Å². The standard InChI is InChI=1S/C15H25NO/c1-3-5-12-16(17,13-6-4-2)14-15-10-8-7-9-11-15/h7-11H,3-6,12-14H2,1-2H3. The summed E-state index contributed by atoms with van der Waals surface area (Å²) in [7, 11) is 0. The maximum atomic E-state index is 12.7. The smallest absolute Gasteiger partial charge is 0.104 e. The minimum absolute atomic E-state index is 0.0499. The molecule has 0 saturated heterocycles. The first-order valence-corrected chi connectivity index (χ1v) is 6.81. The number of hydroxylamine groups is 3. The minimum Gasteiger partial charge on any atom is -0.633 e. The molecule has 1 aromatic carbocycles. The molecule has 0 heterocycles. The van der Waals surface area contributed by atoms with Crippen LogP contribution >= 0.6 is 0 Å². The van der Waals surface area contributed by atoms with Crippen molar-refractivity contribution in [3.8, 4) is 0 Å². The number of hydrogen-bond donors (Lipinski definition) is 0. The van der Waals surface area contributed by atoms with E-state index in [2.05, 4.69) is 26.0 Å². The zero-order chi connectivity index (χ0) is 12.6. The molecular weight excluding hydrogens is 210 g/mol. The normalized spacial score (nSPS) is 11.7. The molecule has 2 heteroatoms. The fourth-order valence-electron chi connectivity index (χ4n) is 2.08. The van der Waals surface area contributed by atoms with Gasteiger partial charge in [0.15, 0.2) is 0 Å². The van der Waals surface area contributed by atoms with Crippen LogP contribution in [-0.4, -0.2) is 17.7 Å². The highest BCUT2D eigenvalue weighted by Gasteiger charge is 2.16. The van der Waals surface area contributed by atoms with Gasteiger partial charge in [0.1, 0.15) is 6.54 Å². The minimum atomic E-state index is -0.0499. The van der Waals surface area contributed by atoms with Gasteiger partial charge in [0.25, 0.3) is 0 Å². The predicted octanol–water partition coefficient (Wildman–Crippen LogP) is 4.10. The van der Waals surface area contributed by atoms with Crippen LogP contribution in [0.3, 0.4) is 0 Å². The number of unbranched alkanes of at least 4 members (excludes halogenated alkanes) is 2. The summed E-state index contributed by atoms with van der Waals surface area (Å²) in [6.07, 6.45) is 4.26. The van der Waals surface area contributed by atoms with Crippen LogP contribution in [0.1, 0.15) is 45.1 Å². The lowest BCUT2D eigenvalue weighted by Crippen LogP contribution is -2.42. The summed E-state index contributed by atoms with van der Waals surface area (Å²) < 4.78 is -0.0499. The average Bonchev–Trinajstić information content (AvgIpc) is 2.35. The molecule has 0 aromatic heterocycles. The van der Waals surface area contributed by atoms with Crippen LogP contribution < -0.4 is 0 Å². The molecule has 0 N–H and O–H groups in total. The van der Waals surface area contributed by atoms with Gasteiger partial charge in [-0.3, -0.25) is 0 Å². The summed E-state index contributed by atoms with van der Waals surface area (Å²) >= 11 is 0. The van der Waals surface area contributed by atoms with Crippen molar-refractivity contribution in [1.82, 2.24) is 0 Å². The lowest BCUT2D eigenvalue weighted by atomic mass is 10.2. The molecule has 0 unspecified atom stereocenters. The van der Waals surface area contributed by atoms with Crippen molar-refractivity contribution in [2.45, 2.75) is 46.1 Å². The Morgan fingerprint density at radius 3 is 1.94 bits per heavy atom. The van der Waals surface area contributed by atoms with Crippen molar-refractivity contribution in [1.29, 1.82) is 0 Å². The van der Waals surface area contributed by atoms with E-state index in [4.69, 9.17) is 0 Å². The fraction of sp³-hybridized carbons (Fsp3) is 0.600. The first-order chi connectivity index (χ1) is 8.20. The summed E-state index contributed by atoms with van der Waals surface area (Å²) in [6.45, 7) is 6.43. The summed E-state index contributed by atoms with van der Waals surface area (Å²) in [5, 5.41) is 12.7. The molecule has 17 heavy (non-hydrogen) atoms. The number of quaternary nitrogens is 1. The third-order valence-electron chi connectivity index (χ3n) is 3.15. The highest BCUT2D eigenvalue weighted by atomic mass is 16.5. The topological polar surface area (TPSA) is 23.1 Å². The zero-order valence-corrected chi connectivity index (χ0v) is 11.2. The molecule has 96 valence electrons. The van der Waals surface area contributed by atoms with E-state index in [9.17, 15) is 5.21 Å². The Bertz CT molecular complexity index is 289. The lowest BCUT2D eigenvalue weighted by Gasteiger charge is -2.43. The second kappa shape index (κ2) is 7.46. The van der Waals surface area contributed by atoms with Gasteiger partial charge in [0.2, 0.25) is 0 Å². The van der Waals surface area contributed by atoms with Crippen LogP contribution in [0, 0.1) is 5.21 Å². The number of nitrogens with zero attached hydrogens (tertiary/aromatic N) is 1. The van der Waals surface area contributed by atoms with Gasteiger partial charge in [-0.1, -0.05) is 57.0 Å². The van der Waals surface area contributed by atoms with Crippen LogP contribution in [0.15, 0.2) is 30.3 Å². The Morgan fingerprint density at radius 2 is 1.47 bits per heavy atom. The SMILES string of the molecule is CCCC[N+]([O-])(CCCC)Cc1ccccc1. The van der Waals surface area contributed by atoms with Crippen molar-refractivity contribution in [2.75, 3.05) is 13.1 Å². The Hall–Kier alpha value is -0.860. The van der Waals surface area contributed by atoms with Gasteiger partial charge >= 0.3 is 0 Å². The molecule has 1 rings (SSSR count). The zero-order valence-electron chi connectivity index (χ0n) is 11.2. The van der Waals surface area contributed by atoms with E-state index in [1.807, 2.05) is 18.2 Å². The summed E-state index contributed by atoms with van der Waals surface area (Å²) in [5.41, 5.74) is 1.16. The third-order valence-corrected chi connectivity index (χ3v) is 3.15. The Balaban J connectivity index is 2.61. The summed E-state index contributed by atoms with van der Waals surface area (Å²) in [5.74, 6) is 0. The van der Waals surface area contributed by atoms with E-state index in [-0.39, 0.29) is 4.65 Å². The molecule has 1 aromatic rings. The molecule has 0 aliphatic carbocycles. The van der Waals surface area contributed by atoms with Crippen LogP contribution in [0.25, 0.3) is 0 Å². The maximum absolute atomic E-state index is 12.7. The van der Waals surface area contributed by atoms with Crippen LogP contribution in [0.2, 0.25) is 0 Å². The van der Waals surface area contributed by atoms with Crippen molar-refractivity contribution in [3.05, 3.63) is 41.1 Å². The highest BCUT2D eigenvalue weighted by Crippen LogP contribution is 2.16. The molecule has 0 amide bonds. The quantitative estimate of drug-likeness (QED) is 0.491. The Kier molecular flexibility index (Phi) is 6.23. The van der Waals surface area contributed by atoms with E-state index < -0.39 is 0 Å². The monoisotopic (exact) mass is 235 g/mol. The number of benzene rings is 1. The predicted molar refractivity (Wildman–Crippen MR) is 73.3 cm³/mol. The Morgan fingerprint density at radius 1 is 0.941 bits per heavy atom. The second-order valence-electron chi connectivity index (χ2n) is 4.86.